The molecule has 0 saturated carbocycles. The van der Waals surface area contributed by atoms with E-state index in [2.05, 4.69) is 21.5 Å². The summed E-state index contributed by atoms with van der Waals surface area (Å²) < 4.78 is 10.9. The van der Waals surface area contributed by atoms with Gasteiger partial charge in [-0.1, -0.05) is 5.16 Å². The Labute approximate surface area is 123 Å². The highest BCUT2D eigenvalue weighted by atomic mass is 16.5. The molecule has 0 aliphatic carbocycles. The van der Waals surface area contributed by atoms with E-state index in [1.54, 1.807) is 0 Å². The van der Waals surface area contributed by atoms with Crippen LogP contribution < -0.4 is 10.1 Å². The van der Waals surface area contributed by atoms with Gasteiger partial charge in [0.2, 0.25) is 11.7 Å². The maximum atomic E-state index is 5.52. The lowest BCUT2D eigenvalue weighted by Gasteiger charge is -2.04. The highest BCUT2D eigenvalue weighted by Crippen LogP contribution is 2.29. The fourth-order valence-electron chi connectivity index (χ4n) is 3.09. The molecular weight excluding hydrogens is 266 g/mol. The van der Waals surface area contributed by atoms with Crippen molar-refractivity contribution in [2.24, 2.45) is 5.92 Å². The number of hydrogen-bond donors (Lipinski definition) is 1. The van der Waals surface area contributed by atoms with Crippen LogP contribution in [0.15, 0.2) is 22.7 Å². The molecule has 3 heterocycles. The van der Waals surface area contributed by atoms with Crippen molar-refractivity contribution >= 4 is 0 Å². The molecule has 2 aliphatic heterocycles. The van der Waals surface area contributed by atoms with Gasteiger partial charge in [-0.2, -0.15) is 4.98 Å². The highest BCUT2D eigenvalue weighted by Gasteiger charge is 2.18. The number of benzene rings is 1. The average molecular weight is 285 g/mol. The van der Waals surface area contributed by atoms with Crippen molar-refractivity contribution in [3.8, 4) is 17.1 Å². The van der Waals surface area contributed by atoms with Gasteiger partial charge in [-0.3, -0.25) is 0 Å². The monoisotopic (exact) mass is 285 g/mol. The molecule has 0 spiro atoms. The van der Waals surface area contributed by atoms with Crippen LogP contribution in [0.2, 0.25) is 0 Å². The van der Waals surface area contributed by atoms with E-state index in [0.29, 0.717) is 5.82 Å². The van der Waals surface area contributed by atoms with Crippen LogP contribution >= 0.6 is 0 Å². The van der Waals surface area contributed by atoms with E-state index >= 15 is 0 Å². The first-order chi connectivity index (χ1) is 10.4. The van der Waals surface area contributed by atoms with E-state index < -0.39 is 0 Å². The predicted octanol–water partition coefficient (Wildman–Crippen LogP) is 2.21. The van der Waals surface area contributed by atoms with Crippen LogP contribution in [0.25, 0.3) is 11.4 Å². The van der Waals surface area contributed by atoms with Gasteiger partial charge in [0, 0.05) is 18.4 Å². The summed E-state index contributed by atoms with van der Waals surface area (Å²) in [5.41, 5.74) is 2.24. The van der Waals surface area contributed by atoms with Crippen molar-refractivity contribution < 1.29 is 9.26 Å². The number of aryl methyl sites for hydroxylation is 1. The van der Waals surface area contributed by atoms with Gasteiger partial charge >= 0.3 is 0 Å². The van der Waals surface area contributed by atoms with Crippen LogP contribution in [0, 0.1) is 5.92 Å². The summed E-state index contributed by atoms with van der Waals surface area (Å²) in [6.45, 7) is 3.02. The molecule has 0 radical (unpaired) electrons. The van der Waals surface area contributed by atoms with Crippen molar-refractivity contribution in [3.63, 3.8) is 0 Å². The Balaban J connectivity index is 1.46. The molecule has 1 fully saturated rings. The summed E-state index contributed by atoms with van der Waals surface area (Å²) in [6, 6.07) is 6.11. The third-order valence-corrected chi connectivity index (χ3v) is 4.34. The standard InChI is InChI=1S/C16H19N3O2/c1(11-5-7-17-10-11)4-15-18-16(19-21-15)13-2-3-14-12(9-13)6-8-20-14/h2-3,9,11,17H,1,4-8,10H2. The van der Waals surface area contributed by atoms with Crippen LogP contribution in [-0.2, 0) is 12.8 Å². The maximum absolute atomic E-state index is 5.52. The lowest BCUT2D eigenvalue weighted by atomic mass is 10.0. The SMILES string of the molecule is c1cc2c(cc1-c1noc(CCC3CCNC3)n1)CCO2. The molecule has 5 nitrogen and oxygen atoms in total. The quantitative estimate of drug-likeness (QED) is 0.933. The molecule has 1 atom stereocenters. The second-order valence-electron chi connectivity index (χ2n) is 5.83. The van der Waals surface area contributed by atoms with Crippen molar-refractivity contribution in [1.82, 2.24) is 15.5 Å². The first-order valence-corrected chi connectivity index (χ1v) is 7.68. The second-order valence-corrected chi connectivity index (χ2v) is 5.83. The largest absolute Gasteiger partial charge is 0.493 e. The second kappa shape index (κ2) is 5.48. The molecule has 4 rings (SSSR count). The van der Waals surface area contributed by atoms with Crippen molar-refractivity contribution in [1.29, 1.82) is 0 Å². The lowest BCUT2D eigenvalue weighted by molar-refractivity contribution is 0.357. The zero-order valence-electron chi connectivity index (χ0n) is 12.0. The van der Waals surface area contributed by atoms with Gasteiger partial charge in [-0.05, 0) is 55.6 Å². The number of nitrogens with one attached hydrogen (secondary N) is 1. The van der Waals surface area contributed by atoms with Gasteiger partial charge in [0.15, 0.2) is 0 Å². The molecule has 1 N–H and O–H groups in total. The number of rotatable bonds is 4. The Kier molecular flexibility index (Phi) is 3.35. The van der Waals surface area contributed by atoms with E-state index in [4.69, 9.17) is 9.26 Å². The Morgan fingerprint density at radius 2 is 2.33 bits per heavy atom. The lowest BCUT2D eigenvalue weighted by Crippen LogP contribution is -2.09. The van der Waals surface area contributed by atoms with Crippen molar-refractivity contribution in [3.05, 3.63) is 29.7 Å². The highest BCUT2D eigenvalue weighted by molar-refractivity contribution is 5.59. The first-order valence-electron chi connectivity index (χ1n) is 7.68. The molecule has 110 valence electrons. The Hall–Kier alpha value is -1.88. The third kappa shape index (κ3) is 2.65. The molecule has 0 bridgehead atoms. The fraction of sp³-hybridized carbons (Fsp3) is 0.500. The van der Waals surface area contributed by atoms with E-state index in [1.807, 2.05) is 12.1 Å². The van der Waals surface area contributed by atoms with Crippen LogP contribution in [0.1, 0.15) is 24.3 Å². The molecule has 0 amide bonds. The molecule has 1 aromatic carbocycles. The number of fused-ring (bicyclic) bond motifs is 1. The van der Waals surface area contributed by atoms with Crippen molar-refractivity contribution in [2.75, 3.05) is 19.7 Å². The van der Waals surface area contributed by atoms with E-state index in [9.17, 15) is 0 Å². The maximum Gasteiger partial charge on any atom is 0.226 e. The number of aromatic nitrogens is 2. The minimum Gasteiger partial charge on any atom is -0.493 e. The van der Waals surface area contributed by atoms with Gasteiger partial charge in [-0.15, -0.1) is 0 Å². The van der Waals surface area contributed by atoms with E-state index in [0.717, 1.165) is 62.1 Å². The molecule has 5 heteroatoms. The summed E-state index contributed by atoms with van der Waals surface area (Å²) in [5, 5.41) is 7.50. The third-order valence-electron chi connectivity index (χ3n) is 4.34. The minimum atomic E-state index is 0.684. The van der Waals surface area contributed by atoms with Crippen LogP contribution in [-0.4, -0.2) is 29.8 Å². The van der Waals surface area contributed by atoms with Crippen LogP contribution in [0.3, 0.4) is 0 Å². The van der Waals surface area contributed by atoms with Crippen molar-refractivity contribution in [2.45, 2.75) is 25.7 Å². The molecule has 1 saturated heterocycles. The molecule has 2 aliphatic rings. The van der Waals surface area contributed by atoms with E-state index in [-0.39, 0.29) is 0 Å². The molecule has 2 aromatic rings. The fourth-order valence-corrected chi connectivity index (χ4v) is 3.09. The van der Waals surface area contributed by atoms with Crippen LogP contribution in [0.4, 0.5) is 0 Å². The topological polar surface area (TPSA) is 60.2 Å². The Morgan fingerprint density at radius 1 is 1.33 bits per heavy atom. The molecule has 1 unspecified atom stereocenters. The first kappa shape index (κ1) is 12.8. The Morgan fingerprint density at radius 3 is 3.24 bits per heavy atom. The smallest absolute Gasteiger partial charge is 0.226 e. The number of hydrogen-bond acceptors (Lipinski definition) is 5. The van der Waals surface area contributed by atoms with Gasteiger partial charge in [0.1, 0.15) is 5.75 Å². The summed E-state index contributed by atoms with van der Waals surface area (Å²) in [6.07, 6.45) is 4.20. The molecule has 1 aromatic heterocycles. The van der Waals surface area contributed by atoms with Gasteiger partial charge < -0.3 is 14.6 Å². The average Bonchev–Trinajstić information content (AvgIpc) is 3.25. The normalized spacial score (nSPS) is 20.5. The summed E-state index contributed by atoms with van der Waals surface area (Å²) in [4.78, 5) is 4.53. The molecular formula is C16H19N3O2. The zero-order valence-corrected chi connectivity index (χ0v) is 12.0. The Bertz CT molecular complexity index is 632. The molecule has 21 heavy (non-hydrogen) atoms. The summed E-state index contributed by atoms with van der Waals surface area (Å²) >= 11 is 0. The van der Waals surface area contributed by atoms with Gasteiger partial charge in [-0.25, -0.2) is 0 Å². The van der Waals surface area contributed by atoms with Gasteiger partial charge in [0.05, 0.1) is 6.61 Å². The van der Waals surface area contributed by atoms with Gasteiger partial charge in [0.25, 0.3) is 0 Å². The minimum absolute atomic E-state index is 0.684. The predicted molar refractivity (Wildman–Crippen MR) is 78.2 cm³/mol. The summed E-state index contributed by atoms with van der Waals surface area (Å²) in [5.74, 6) is 3.16. The summed E-state index contributed by atoms with van der Waals surface area (Å²) in [7, 11) is 0. The van der Waals surface area contributed by atoms with Crippen LogP contribution in [0.5, 0.6) is 5.75 Å². The van der Waals surface area contributed by atoms with E-state index in [1.165, 1.54) is 12.0 Å². The number of ether oxygens (including phenoxy) is 1. The zero-order chi connectivity index (χ0) is 14.1. The number of nitrogens with zero attached hydrogens (tertiary/aromatic N) is 2.